The molecule has 0 fully saturated rings. The zero-order chi connectivity index (χ0) is 49.9. The summed E-state index contributed by atoms with van der Waals surface area (Å²) in [7, 11) is 0. The monoisotopic (exact) mass is 970 g/mol. The minimum absolute atomic E-state index is 0.337. The second-order valence-electron chi connectivity index (χ2n) is 19.7. The molecule has 8 heteroatoms. The van der Waals surface area contributed by atoms with E-state index in [1.54, 1.807) is 0 Å². The Balaban J connectivity index is 0.964. The van der Waals surface area contributed by atoms with E-state index in [0.29, 0.717) is 22.5 Å². The maximum atomic E-state index is 11.8. The topological polar surface area (TPSA) is 110 Å². The molecule has 350 valence electrons. The largest absolute Gasteiger partial charge is 0.456 e. The molecule has 11 aromatic carbocycles. The van der Waals surface area contributed by atoms with Crippen LogP contribution in [0.25, 0.3) is 165 Å². The van der Waals surface area contributed by atoms with Gasteiger partial charge in [-0.3, -0.25) is 0 Å². The molecule has 0 spiro atoms. The lowest BCUT2D eigenvalue weighted by Crippen LogP contribution is -2.06. The van der Waals surface area contributed by atoms with E-state index in [1.165, 1.54) is 0 Å². The molecule has 0 aliphatic heterocycles. The average Bonchev–Trinajstić information content (AvgIpc) is 4.50. The first-order chi connectivity index (χ1) is 37.6. The molecule has 0 unspecified atom stereocenters. The fraction of sp³-hybridized carbons (Fsp3) is 0. The number of hydrogen-bond donors (Lipinski definition) is 0. The van der Waals surface area contributed by atoms with E-state index >= 15 is 0 Å². The molecule has 6 aromatic heterocycles. The van der Waals surface area contributed by atoms with Crippen LogP contribution >= 0.6 is 0 Å². The molecule has 8 nitrogen and oxygen atoms in total. The predicted octanol–water partition coefficient (Wildman–Crippen LogP) is 18.6. The maximum absolute atomic E-state index is 11.8. The first kappa shape index (κ1) is 40.8. The number of furan rings is 4. The molecule has 0 N–H and O–H groups in total. The zero-order valence-corrected chi connectivity index (χ0v) is 40.1. The fourth-order valence-corrected chi connectivity index (χ4v) is 12.5. The van der Waals surface area contributed by atoms with Crippen molar-refractivity contribution in [1.82, 2.24) is 9.13 Å². The minimum Gasteiger partial charge on any atom is -0.456 e. The molecule has 6 heterocycles. The molecule has 0 saturated heterocycles. The number of nitriles is 2. The van der Waals surface area contributed by atoms with Crippen LogP contribution in [0.4, 0.5) is 0 Å². The Morgan fingerprint density at radius 1 is 0.316 bits per heavy atom. The van der Waals surface area contributed by atoms with Gasteiger partial charge in [-0.2, -0.15) is 10.5 Å². The highest BCUT2D eigenvalue weighted by Gasteiger charge is 2.28. The Kier molecular flexibility index (Phi) is 7.99. The highest BCUT2D eigenvalue weighted by Crippen LogP contribution is 2.48. The second kappa shape index (κ2) is 14.9. The SMILES string of the molecule is N#Cc1ccc(-n2c3cccc(-c4ccc5oc6ccccc6c5c4)c3c3c4oc5ccccc5c4ccc32)c(C#N)c1-n1c2ccc(-c3ccc4oc5ccccc5c4c3)cc2c2c3oc4ccccc4c3ccc21. The number of para-hydroxylation sites is 4. The Morgan fingerprint density at radius 3 is 1.42 bits per heavy atom. The van der Waals surface area contributed by atoms with Crippen LogP contribution in [0.5, 0.6) is 0 Å². The van der Waals surface area contributed by atoms with Crippen molar-refractivity contribution >= 4 is 131 Å². The van der Waals surface area contributed by atoms with Gasteiger partial charge in [0.15, 0.2) is 0 Å². The van der Waals surface area contributed by atoms with Crippen LogP contribution in [0.1, 0.15) is 11.1 Å². The van der Waals surface area contributed by atoms with Gasteiger partial charge in [0.05, 0.1) is 49.8 Å². The van der Waals surface area contributed by atoms with Crippen LogP contribution in [0.3, 0.4) is 0 Å². The fourth-order valence-electron chi connectivity index (χ4n) is 12.5. The van der Waals surface area contributed by atoms with Crippen molar-refractivity contribution in [2.75, 3.05) is 0 Å². The lowest BCUT2D eigenvalue weighted by atomic mass is 9.97. The zero-order valence-electron chi connectivity index (χ0n) is 40.1. The van der Waals surface area contributed by atoms with Crippen molar-refractivity contribution in [3.05, 3.63) is 217 Å². The van der Waals surface area contributed by atoms with Crippen molar-refractivity contribution in [3.8, 4) is 45.8 Å². The number of benzene rings is 11. The molecule has 0 aliphatic carbocycles. The van der Waals surface area contributed by atoms with Crippen LogP contribution in [-0.2, 0) is 0 Å². The lowest BCUT2D eigenvalue weighted by molar-refractivity contribution is 0.668. The summed E-state index contributed by atoms with van der Waals surface area (Å²) < 4.78 is 30.5. The lowest BCUT2D eigenvalue weighted by Gasteiger charge is -2.17. The third-order valence-electron chi connectivity index (χ3n) is 15.8. The third-order valence-corrected chi connectivity index (χ3v) is 15.8. The Morgan fingerprint density at radius 2 is 0.803 bits per heavy atom. The van der Waals surface area contributed by atoms with Gasteiger partial charge >= 0.3 is 0 Å². The number of nitrogens with zero attached hydrogens (tertiary/aromatic N) is 4. The summed E-state index contributed by atoms with van der Waals surface area (Å²) in [5.41, 5.74) is 15.6. The highest BCUT2D eigenvalue weighted by atomic mass is 16.3. The Bertz CT molecular complexity index is 5520. The van der Waals surface area contributed by atoms with E-state index in [2.05, 4.69) is 130 Å². The molecule has 0 aliphatic rings. The molecule has 0 saturated carbocycles. The average molecular weight is 971 g/mol. The molecular formula is C68H34N4O4. The maximum Gasteiger partial charge on any atom is 0.145 e. The van der Waals surface area contributed by atoms with Gasteiger partial charge in [0.2, 0.25) is 0 Å². The van der Waals surface area contributed by atoms with Crippen LogP contribution in [0, 0.1) is 22.7 Å². The van der Waals surface area contributed by atoms with Gasteiger partial charge < -0.3 is 26.8 Å². The van der Waals surface area contributed by atoms with Crippen molar-refractivity contribution in [2.24, 2.45) is 0 Å². The van der Waals surface area contributed by atoms with Gasteiger partial charge in [0, 0.05) is 53.9 Å². The van der Waals surface area contributed by atoms with Crippen LogP contribution in [-0.4, -0.2) is 9.13 Å². The van der Waals surface area contributed by atoms with Gasteiger partial charge in [0.25, 0.3) is 0 Å². The molecule has 0 atom stereocenters. The summed E-state index contributed by atoms with van der Waals surface area (Å²) in [5, 5.41) is 34.9. The predicted molar refractivity (Wildman–Crippen MR) is 305 cm³/mol. The van der Waals surface area contributed by atoms with Gasteiger partial charge in [0.1, 0.15) is 62.4 Å². The van der Waals surface area contributed by atoms with Crippen molar-refractivity contribution in [2.45, 2.75) is 0 Å². The standard InChI is InChI=1S/C68H34N4O4/c69-35-40-21-27-53(71-54-15-9-14-41(39-23-31-62-49(34-39)45-13-4-6-17-58(45)74-62)63(54)65-56(71)29-25-47-43-11-2-8-19-60(43)76-68(47)65)51(36-70)66(40)72-52-26-20-37(38-22-30-61-48(32-38)44-12-3-5-16-57(44)73-61)33-50(52)64-55(72)28-24-46-42-10-1-7-18-59(42)75-67(46)64/h1-34H. The van der Waals surface area contributed by atoms with Gasteiger partial charge in [-0.25, -0.2) is 0 Å². The summed E-state index contributed by atoms with van der Waals surface area (Å²) in [5.74, 6) is 0. The van der Waals surface area contributed by atoms with Gasteiger partial charge in [-0.15, -0.1) is 0 Å². The molecule has 17 aromatic rings. The number of rotatable bonds is 4. The summed E-state index contributed by atoms with van der Waals surface area (Å²) >= 11 is 0. The van der Waals surface area contributed by atoms with Gasteiger partial charge in [-0.1, -0.05) is 103 Å². The molecule has 17 rings (SSSR count). The molecule has 0 radical (unpaired) electrons. The van der Waals surface area contributed by atoms with E-state index in [1.807, 2.05) is 97.1 Å². The summed E-state index contributed by atoms with van der Waals surface area (Å²) in [6.45, 7) is 0. The van der Waals surface area contributed by atoms with Crippen molar-refractivity contribution < 1.29 is 17.7 Å². The highest BCUT2D eigenvalue weighted by molar-refractivity contribution is 6.28. The smallest absolute Gasteiger partial charge is 0.145 e. The van der Waals surface area contributed by atoms with Gasteiger partial charge in [-0.05, 0) is 125 Å². The Hall–Kier alpha value is -10.8. The first-order valence-electron chi connectivity index (χ1n) is 25.2. The van der Waals surface area contributed by atoms with E-state index in [9.17, 15) is 10.5 Å². The van der Waals surface area contributed by atoms with Crippen molar-refractivity contribution in [1.29, 1.82) is 10.5 Å². The van der Waals surface area contributed by atoms with Crippen molar-refractivity contribution in [3.63, 3.8) is 0 Å². The number of aromatic nitrogens is 2. The summed E-state index contributed by atoms with van der Waals surface area (Å²) in [6.07, 6.45) is 0. The van der Waals surface area contributed by atoms with E-state index in [0.717, 1.165) is 154 Å². The normalized spacial score (nSPS) is 12.2. The summed E-state index contributed by atoms with van der Waals surface area (Å²) in [6, 6.07) is 75.4. The van der Waals surface area contributed by atoms with Crippen LogP contribution in [0.2, 0.25) is 0 Å². The molecule has 0 bridgehead atoms. The Labute approximate surface area is 429 Å². The van der Waals surface area contributed by atoms with E-state index in [4.69, 9.17) is 17.7 Å². The second-order valence-corrected chi connectivity index (χ2v) is 19.7. The quantitative estimate of drug-likeness (QED) is 0.174. The van der Waals surface area contributed by atoms with E-state index in [-0.39, 0.29) is 0 Å². The van der Waals surface area contributed by atoms with Crippen LogP contribution in [0.15, 0.2) is 224 Å². The minimum atomic E-state index is 0.337. The number of hydrogen-bond acceptors (Lipinski definition) is 6. The van der Waals surface area contributed by atoms with Crippen LogP contribution < -0.4 is 0 Å². The number of fused-ring (bicyclic) bond motifs is 20. The third kappa shape index (κ3) is 5.38. The first-order valence-corrected chi connectivity index (χ1v) is 25.2. The molecule has 76 heavy (non-hydrogen) atoms. The molecular weight excluding hydrogens is 937 g/mol. The summed E-state index contributed by atoms with van der Waals surface area (Å²) in [4.78, 5) is 0. The molecule has 0 amide bonds. The van der Waals surface area contributed by atoms with E-state index < -0.39 is 0 Å².